The minimum atomic E-state index is 0.0779. The third kappa shape index (κ3) is 2.39. The summed E-state index contributed by atoms with van der Waals surface area (Å²) in [5.74, 6) is 0.875. The fourth-order valence-electron chi connectivity index (χ4n) is 1.45. The molecule has 0 saturated carbocycles. The van der Waals surface area contributed by atoms with E-state index >= 15 is 0 Å². The summed E-state index contributed by atoms with van der Waals surface area (Å²) in [7, 11) is 4.16. The van der Waals surface area contributed by atoms with Gasteiger partial charge in [0.05, 0.1) is 6.20 Å². The van der Waals surface area contributed by atoms with Crippen LogP contribution in [0, 0.1) is 0 Å². The first-order valence-electron chi connectivity index (χ1n) is 5.70. The molecular weight excluding hydrogens is 214 g/mol. The molecule has 2 rings (SSSR count). The molecule has 0 unspecified atom stereocenters. The molecule has 0 aliphatic carbocycles. The molecule has 0 bridgehead atoms. The standard InChI is InChI=1S/C12H19N5/c1-12(2,16(3)4)9-14-11-10-5-6-15-17(10)8-7-13-11/h5-8H,9H2,1-4H3,(H,13,14). The van der Waals surface area contributed by atoms with Crippen molar-refractivity contribution in [3.63, 3.8) is 0 Å². The quantitative estimate of drug-likeness (QED) is 0.869. The molecule has 1 N–H and O–H groups in total. The van der Waals surface area contributed by atoms with Crippen molar-refractivity contribution < 1.29 is 0 Å². The van der Waals surface area contributed by atoms with E-state index in [1.807, 2.05) is 16.8 Å². The average Bonchev–Trinajstić information content (AvgIpc) is 2.74. The van der Waals surface area contributed by atoms with Gasteiger partial charge in [0.1, 0.15) is 5.52 Å². The molecule has 0 aliphatic rings. The maximum atomic E-state index is 4.35. The van der Waals surface area contributed by atoms with Gasteiger partial charge in [-0.05, 0) is 34.0 Å². The molecule has 0 radical (unpaired) electrons. The molecule has 92 valence electrons. The highest BCUT2D eigenvalue weighted by molar-refractivity contribution is 5.66. The monoisotopic (exact) mass is 233 g/mol. The van der Waals surface area contributed by atoms with Gasteiger partial charge in [-0.15, -0.1) is 0 Å². The van der Waals surface area contributed by atoms with Crippen LogP contribution in [0.5, 0.6) is 0 Å². The Morgan fingerprint density at radius 3 is 2.82 bits per heavy atom. The third-order valence-corrected chi connectivity index (χ3v) is 3.22. The first kappa shape index (κ1) is 11.9. The summed E-state index contributed by atoms with van der Waals surface area (Å²) in [5.41, 5.74) is 1.08. The van der Waals surface area contributed by atoms with Crippen LogP contribution in [0.4, 0.5) is 5.82 Å². The third-order valence-electron chi connectivity index (χ3n) is 3.22. The van der Waals surface area contributed by atoms with E-state index in [4.69, 9.17) is 0 Å². The molecule has 0 atom stereocenters. The fourth-order valence-corrected chi connectivity index (χ4v) is 1.45. The van der Waals surface area contributed by atoms with E-state index in [0.717, 1.165) is 17.9 Å². The molecule has 2 aromatic rings. The van der Waals surface area contributed by atoms with Crippen LogP contribution in [0.15, 0.2) is 24.7 Å². The van der Waals surface area contributed by atoms with Crippen molar-refractivity contribution in [1.29, 1.82) is 0 Å². The molecule has 0 saturated heterocycles. The van der Waals surface area contributed by atoms with Gasteiger partial charge < -0.3 is 10.2 Å². The largest absolute Gasteiger partial charge is 0.366 e. The number of fused-ring (bicyclic) bond motifs is 1. The van der Waals surface area contributed by atoms with E-state index in [0.29, 0.717) is 0 Å². The number of nitrogens with zero attached hydrogens (tertiary/aromatic N) is 4. The van der Waals surface area contributed by atoms with E-state index in [2.05, 4.69) is 48.2 Å². The molecule has 5 heteroatoms. The Kier molecular flexibility index (Phi) is 3.02. The number of hydrogen-bond donors (Lipinski definition) is 1. The minimum Gasteiger partial charge on any atom is -0.366 e. The number of hydrogen-bond acceptors (Lipinski definition) is 4. The van der Waals surface area contributed by atoms with Crippen molar-refractivity contribution in [3.8, 4) is 0 Å². The molecule has 0 fully saturated rings. The predicted octanol–water partition coefficient (Wildman–Crippen LogP) is 1.48. The zero-order valence-electron chi connectivity index (χ0n) is 10.8. The van der Waals surface area contributed by atoms with Crippen LogP contribution in [-0.4, -0.2) is 45.7 Å². The first-order chi connectivity index (χ1) is 8.00. The van der Waals surface area contributed by atoms with Gasteiger partial charge >= 0.3 is 0 Å². The second kappa shape index (κ2) is 4.33. The minimum absolute atomic E-state index is 0.0779. The van der Waals surface area contributed by atoms with E-state index in [1.54, 1.807) is 12.4 Å². The van der Waals surface area contributed by atoms with Gasteiger partial charge in [0.25, 0.3) is 0 Å². The van der Waals surface area contributed by atoms with Crippen molar-refractivity contribution in [3.05, 3.63) is 24.7 Å². The van der Waals surface area contributed by atoms with Gasteiger partial charge in [-0.3, -0.25) is 0 Å². The highest BCUT2D eigenvalue weighted by Gasteiger charge is 2.20. The number of anilines is 1. The van der Waals surface area contributed by atoms with Gasteiger partial charge in [-0.25, -0.2) is 9.50 Å². The van der Waals surface area contributed by atoms with Crippen LogP contribution in [0.2, 0.25) is 0 Å². The van der Waals surface area contributed by atoms with Crippen LogP contribution in [0.25, 0.3) is 5.52 Å². The average molecular weight is 233 g/mol. The predicted molar refractivity (Wildman–Crippen MR) is 69.2 cm³/mol. The van der Waals surface area contributed by atoms with Crippen LogP contribution < -0.4 is 5.32 Å². The molecule has 2 heterocycles. The number of aromatic nitrogens is 3. The van der Waals surface area contributed by atoms with Crippen molar-refractivity contribution in [2.24, 2.45) is 0 Å². The van der Waals surface area contributed by atoms with Gasteiger partial charge in [-0.2, -0.15) is 5.10 Å². The Bertz CT molecular complexity index is 500. The van der Waals surface area contributed by atoms with Crippen molar-refractivity contribution in [1.82, 2.24) is 19.5 Å². The summed E-state index contributed by atoms with van der Waals surface area (Å²) in [6.07, 6.45) is 5.38. The zero-order chi connectivity index (χ0) is 12.5. The molecule has 0 spiro atoms. The molecule has 2 aromatic heterocycles. The Morgan fingerprint density at radius 2 is 2.12 bits per heavy atom. The summed E-state index contributed by atoms with van der Waals surface area (Å²) < 4.78 is 1.82. The molecule has 5 nitrogen and oxygen atoms in total. The van der Waals surface area contributed by atoms with Gasteiger partial charge in [-0.1, -0.05) is 0 Å². The summed E-state index contributed by atoms with van der Waals surface area (Å²) >= 11 is 0. The topological polar surface area (TPSA) is 45.5 Å². The summed E-state index contributed by atoms with van der Waals surface area (Å²) in [6.45, 7) is 5.21. The highest BCUT2D eigenvalue weighted by atomic mass is 15.2. The first-order valence-corrected chi connectivity index (χ1v) is 5.70. The van der Waals surface area contributed by atoms with Crippen molar-refractivity contribution in [2.45, 2.75) is 19.4 Å². The van der Waals surface area contributed by atoms with Crippen molar-refractivity contribution >= 4 is 11.3 Å². The Labute approximate surface area is 101 Å². The van der Waals surface area contributed by atoms with Gasteiger partial charge in [0, 0.05) is 24.5 Å². The summed E-state index contributed by atoms with van der Waals surface area (Å²) in [4.78, 5) is 6.54. The van der Waals surface area contributed by atoms with Crippen LogP contribution in [0.1, 0.15) is 13.8 Å². The maximum absolute atomic E-state index is 4.35. The molecular formula is C12H19N5. The smallest absolute Gasteiger partial charge is 0.152 e. The van der Waals surface area contributed by atoms with Gasteiger partial charge in [0.2, 0.25) is 0 Å². The van der Waals surface area contributed by atoms with Crippen molar-refractivity contribution in [2.75, 3.05) is 26.0 Å². The van der Waals surface area contributed by atoms with Gasteiger partial charge in [0.15, 0.2) is 5.82 Å². The molecule has 0 aliphatic heterocycles. The SMILES string of the molecule is CN(C)C(C)(C)CNc1nccn2nccc12. The number of likely N-dealkylation sites (N-methyl/N-ethyl adjacent to an activating group) is 1. The van der Waals surface area contributed by atoms with E-state index < -0.39 is 0 Å². The summed E-state index contributed by atoms with van der Waals surface area (Å²) in [6, 6.07) is 1.96. The number of nitrogens with one attached hydrogen (secondary N) is 1. The fraction of sp³-hybridized carbons (Fsp3) is 0.500. The van der Waals surface area contributed by atoms with Crippen LogP contribution in [0.3, 0.4) is 0 Å². The normalized spacial score (nSPS) is 12.3. The zero-order valence-corrected chi connectivity index (χ0v) is 10.8. The lowest BCUT2D eigenvalue weighted by Crippen LogP contribution is -2.44. The van der Waals surface area contributed by atoms with E-state index in [9.17, 15) is 0 Å². The molecule has 0 aromatic carbocycles. The van der Waals surface area contributed by atoms with E-state index in [-0.39, 0.29) is 5.54 Å². The Hall–Kier alpha value is -1.62. The highest BCUT2D eigenvalue weighted by Crippen LogP contribution is 2.15. The summed E-state index contributed by atoms with van der Waals surface area (Å²) in [5, 5.41) is 7.57. The second-order valence-corrected chi connectivity index (χ2v) is 5.00. The Balaban J connectivity index is 2.17. The Morgan fingerprint density at radius 1 is 1.35 bits per heavy atom. The lowest BCUT2D eigenvalue weighted by molar-refractivity contribution is 0.210. The molecule has 0 amide bonds. The van der Waals surface area contributed by atoms with Crippen LogP contribution in [-0.2, 0) is 0 Å². The molecule has 17 heavy (non-hydrogen) atoms. The number of rotatable bonds is 4. The van der Waals surface area contributed by atoms with E-state index in [1.165, 1.54) is 0 Å². The maximum Gasteiger partial charge on any atom is 0.152 e. The van der Waals surface area contributed by atoms with Crippen LogP contribution >= 0.6 is 0 Å². The lowest BCUT2D eigenvalue weighted by Gasteiger charge is -2.32. The lowest BCUT2D eigenvalue weighted by atomic mass is 10.0. The second-order valence-electron chi connectivity index (χ2n) is 5.00.